The molecule has 0 radical (unpaired) electrons. The first-order valence-corrected chi connectivity index (χ1v) is 8.52. The summed E-state index contributed by atoms with van der Waals surface area (Å²) < 4.78 is 2.06. The Hall–Kier alpha value is -1.82. The Bertz CT molecular complexity index is 651. The maximum atomic E-state index is 12.1. The molecule has 3 rings (SSSR count). The van der Waals surface area contributed by atoms with Crippen molar-refractivity contribution in [3.63, 3.8) is 0 Å². The van der Waals surface area contributed by atoms with E-state index in [-0.39, 0.29) is 11.2 Å². The topological polar surface area (TPSA) is 59.8 Å². The third kappa shape index (κ3) is 3.32. The van der Waals surface area contributed by atoms with Crippen molar-refractivity contribution < 1.29 is 4.79 Å². The van der Waals surface area contributed by atoms with Gasteiger partial charge in [0.25, 0.3) is 0 Å². The van der Waals surface area contributed by atoms with Crippen LogP contribution in [-0.4, -0.2) is 32.0 Å². The number of hydrogen-bond donors (Lipinski definition) is 1. The number of carbonyl (C=O) groups excluding carboxylic acids is 1. The zero-order valence-electron chi connectivity index (χ0n) is 12.8. The molecule has 0 spiro atoms. The lowest BCUT2D eigenvalue weighted by atomic mass is 10.2. The van der Waals surface area contributed by atoms with Crippen molar-refractivity contribution in [2.24, 2.45) is 0 Å². The molecule has 0 saturated heterocycles. The van der Waals surface area contributed by atoms with Gasteiger partial charge in [-0.1, -0.05) is 42.1 Å². The summed E-state index contributed by atoms with van der Waals surface area (Å²) in [5, 5.41) is 12.2. The second-order valence-corrected chi connectivity index (χ2v) is 6.77. The molecule has 1 fully saturated rings. The fourth-order valence-corrected chi connectivity index (χ4v) is 3.14. The molecule has 1 unspecified atom stereocenters. The smallest absolute Gasteiger partial charge is 0.233 e. The van der Waals surface area contributed by atoms with E-state index in [9.17, 15) is 4.79 Å². The number of thioether (sulfide) groups is 1. The first-order chi connectivity index (χ1) is 10.7. The van der Waals surface area contributed by atoms with Gasteiger partial charge in [-0.15, -0.1) is 10.2 Å². The number of amides is 1. The van der Waals surface area contributed by atoms with Gasteiger partial charge in [0.15, 0.2) is 11.0 Å². The largest absolute Gasteiger partial charge is 0.352 e. The molecule has 1 saturated carbocycles. The highest BCUT2D eigenvalue weighted by Gasteiger charge is 2.27. The summed E-state index contributed by atoms with van der Waals surface area (Å²) in [5.41, 5.74) is 1.04. The van der Waals surface area contributed by atoms with Gasteiger partial charge in [0, 0.05) is 18.2 Å². The van der Waals surface area contributed by atoms with Crippen LogP contribution in [0.15, 0.2) is 35.5 Å². The second-order valence-electron chi connectivity index (χ2n) is 5.46. The number of benzene rings is 1. The molecule has 1 aliphatic carbocycles. The van der Waals surface area contributed by atoms with Crippen molar-refractivity contribution in [2.45, 2.75) is 49.7 Å². The predicted molar refractivity (Wildman–Crippen MR) is 87.6 cm³/mol. The van der Waals surface area contributed by atoms with E-state index in [0.29, 0.717) is 6.04 Å². The van der Waals surface area contributed by atoms with Gasteiger partial charge in [0.05, 0.1) is 5.25 Å². The van der Waals surface area contributed by atoms with Gasteiger partial charge in [-0.25, -0.2) is 0 Å². The van der Waals surface area contributed by atoms with Gasteiger partial charge < -0.3 is 9.88 Å². The van der Waals surface area contributed by atoms with Gasteiger partial charge >= 0.3 is 0 Å². The van der Waals surface area contributed by atoms with E-state index in [2.05, 4.69) is 27.0 Å². The molecule has 1 atom stereocenters. The Balaban J connectivity index is 1.76. The second kappa shape index (κ2) is 6.52. The Morgan fingerprint density at radius 2 is 2.09 bits per heavy atom. The molecule has 1 aromatic carbocycles. The predicted octanol–water partition coefficient (Wildman–Crippen LogP) is 2.72. The van der Waals surface area contributed by atoms with Crippen LogP contribution in [0.1, 0.15) is 26.7 Å². The van der Waals surface area contributed by atoms with Crippen LogP contribution in [0.3, 0.4) is 0 Å². The summed E-state index contributed by atoms with van der Waals surface area (Å²) in [6.07, 6.45) is 2.21. The van der Waals surface area contributed by atoms with E-state index >= 15 is 0 Å². The maximum absolute atomic E-state index is 12.1. The standard InChI is InChI=1S/C16H20N4OS/c1-3-20-14(12-7-5-4-6-8-12)18-19-16(20)22-11(2)15(21)17-13-9-10-13/h4-8,11,13H,3,9-10H2,1-2H3,(H,17,21). The fourth-order valence-electron chi connectivity index (χ4n) is 2.22. The quantitative estimate of drug-likeness (QED) is 0.833. The number of rotatable bonds is 6. The average molecular weight is 316 g/mol. The van der Waals surface area contributed by atoms with Gasteiger partial charge in [0.1, 0.15) is 0 Å². The van der Waals surface area contributed by atoms with E-state index in [1.165, 1.54) is 11.8 Å². The minimum Gasteiger partial charge on any atom is -0.352 e. The van der Waals surface area contributed by atoms with Crippen molar-refractivity contribution in [1.29, 1.82) is 0 Å². The van der Waals surface area contributed by atoms with E-state index in [1.807, 2.05) is 37.3 Å². The Labute approximate surface area is 134 Å². The monoisotopic (exact) mass is 316 g/mol. The molecule has 116 valence electrons. The zero-order chi connectivity index (χ0) is 15.5. The summed E-state index contributed by atoms with van der Waals surface area (Å²) >= 11 is 1.47. The first-order valence-electron chi connectivity index (χ1n) is 7.64. The summed E-state index contributed by atoms with van der Waals surface area (Å²) in [5.74, 6) is 0.930. The summed E-state index contributed by atoms with van der Waals surface area (Å²) in [6.45, 7) is 4.75. The van der Waals surface area contributed by atoms with Gasteiger partial charge in [0.2, 0.25) is 5.91 Å². The molecular weight excluding hydrogens is 296 g/mol. The van der Waals surface area contributed by atoms with Crippen LogP contribution in [0.2, 0.25) is 0 Å². The normalized spacial score (nSPS) is 15.5. The number of carbonyl (C=O) groups is 1. The lowest BCUT2D eigenvalue weighted by Crippen LogP contribution is -2.32. The lowest BCUT2D eigenvalue weighted by molar-refractivity contribution is -0.120. The highest BCUT2D eigenvalue weighted by Crippen LogP contribution is 2.27. The van der Waals surface area contributed by atoms with E-state index in [1.54, 1.807) is 0 Å². The first kappa shape index (κ1) is 15.1. The number of hydrogen-bond acceptors (Lipinski definition) is 4. The van der Waals surface area contributed by atoms with Crippen LogP contribution in [0.5, 0.6) is 0 Å². The Kier molecular flexibility index (Phi) is 4.47. The van der Waals surface area contributed by atoms with Crippen LogP contribution in [-0.2, 0) is 11.3 Å². The Morgan fingerprint density at radius 3 is 2.73 bits per heavy atom. The molecule has 2 aromatic rings. The minimum absolute atomic E-state index is 0.0828. The molecule has 1 aliphatic rings. The van der Waals surface area contributed by atoms with Gasteiger partial charge in [-0.2, -0.15) is 0 Å². The molecule has 22 heavy (non-hydrogen) atoms. The SMILES string of the molecule is CCn1c(SC(C)C(=O)NC2CC2)nnc1-c1ccccc1. The maximum Gasteiger partial charge on any atom is 0.233 e. The lowest BCUT2D eigenvalue weighted by Gasteiger charge is -2.12. The average Bonchev–Trinajstić information content (AvgIpc) is 3.26. The van der Waals surface area contributed by atoms with Crippen molar-refractivity contribution >= 4 is 17.7 Å². The van der Waals surface area contributed by atoms with E-state index in [4.69, 9.17) is 0 Å². The fraction of sp³-hybridized carbons (Fsp3) is 0.438. The highest BCUT2D eigenvalue weighted by molar-refractivity contribution is 8.00. The van der Waals surface area contributed by atoms with Crippen molar-refractivity contribution in [1.82, 2.24) is 20.1 Å². The molecule has 1 amide bonds. The number of nitrogens with one attached hydrogen (secondary N) is 1. The van der Waals surface area contributed by atoms with Crippen molar-refractivity contribution in [2.75, 3.05) is 0 Å². The van der Waals surface area contributed by atoms with Gasteiger partial charge in [-0.05, 0) is 26.7 Å². The molecule has 5 nitrogen and oxygen atoms in total. The number of nitrogens with zero attached hydrogens (tertiary/aromatic N) is 3. The van der Waals surface area contributed by atoms with Crippen LogP contribution in [0.25, 0.3) is 11.4 Å². The Morgan fingerprint density at radius 1 is 1.36 bits per heavy atom. The van der Waals surface area contributed by atoms with Crippen molar-refractivity contribution in [3.8, 4) is 11.4 Å². The highest BCUT2D eigenvalue weighted by atomic mass is 32.2. The summed E-state index contributed by atoms with van der Waals surface area (Å²) in [4.78, 5) is 12.1. The molecule has 1 heterocycles. The summed E-state index contributed by atoms with van der Waals surface area (Å²) in [7, 11) is 0. The molecule has 6 heteroatoms. The van der Waals surface area contributed by atoms with Crippen LogP contribution < -0.4 is 5.32 Å². The molecule has 0 bridgehead atoms. The molecule has 0 aliphatic heterocycles. The molecular formula is C16H20N4OS. The van der Waals surface area contributed by atoms with E-state index < -0.39 is 0 Å². The van der Waals surface area contributed by atoms with Crippen LogP contribution >= 0.6 is 11.8 Å². The third-order valence-electron chi connectivity index (χ3n) is 3.64. The van der Waals surface area contributed by atoms with Crippen molar-refractivity contribution in [3.05, 3.63) is 30.3 Å². The van der Waals surface area contributed by atoms with Crippen LogP contribution in [0.4, 0.5) is 0 Å². The van der Waals surface area contributed by atoms with E-state index in [0.717, 1.165) is 35.9 Å². The molecule has 1 aromatic heterocycles. The zero-order valence-corrected chi connectivity index (χ0v) is 13.6. The molecule has 1 N–H and O–H groups in total. The van der Waals surface area contributed by atoms with Gasteiger partial charge in [-0.3, -0.25) is 4.79 Å². The summed E-state index contributed by atoms with van der Waals surface area (Å²) in [6, 6.07) is 10.4. The number of aromatic nitrogens is 3. The van der Waals surface area contributed by atoms with Crippen LogP contribution in [0, 0.1) is 0 Å². The minimum atomic E-state index is -0.168. The third-order valence-corrected chi connectivity index (χ3v) is 4.72.